The van der Waals surface area contributed by atoms with E-state index in [9.17, 15) is 9.00 Å². The number of allylic oxidation sites excluding steroid dienone is 1. The molecule has 2 aromatic rings. The lowest BCUT2D eigenvalue weighted by Gasteiger charge is -2.16. The summed E-state index contributed by atoms with van der Waals surface area (Å²) in [5.41, 5.74) is 2.69. The van der Waals surface area contributed by atoms with Crippen molar-refractivity contribution in [2.24, 2.45) is 5.41 Å². The first-order chi connectivity index (χ1) is 12.8. The minimum absolute atomic E-state index is 0.198. The molecule has 0 bridgehead atoms. The molecule has 144 valence electrons. The van der Waals surface area contributed by atoms with Crippen LogP contribution in [0.2, 0.25) is 0 Å². The van der Waals surface area contributed by atoms with E-state index in [1.807, 2.05) is 87.7 Å². The molecule has 0 fully saturated rings. The number of aryl methyl sites for hydroxylation is 1. The van der Waals surface area contributed by atoms with Gasteiger partial charge in [-0.05, 0) is 63.8 Å². The zero-order valence-corrected chi connectivity index (χ0v) is 17.3. The monoisotopic (exact) mass is 384 g/mol. The fourth-order valence-corrected chi connectivity index (χ4v) is 3.49. The van der Waals surface area contributed by atoms with Crippen molar-refractivity contribution in [1.82, 2.24) is 0 Å². The number of ether oxygens (including phenoxy) is 1. The van der Waals surface area contributed by atoms with E-state index < -0.39 is 16.2 Å². The van der Waals surface area contributed by atoms with Crippen LogP contribution in [0, 0.1) is 12.3 Å². The van der Waals surface area contributed by atoms with Gasteiger partial charge in [0.1, 0.15) is 0 Å². The lowest BCUT2D eigenvalue weighted by Crippen LogP contribution is -2.23. The van der Waals surface area contributed by atoms with Crippen molar-refractivity contribution >= 4 is 22.3 Å². The molecule has 0 N–H and O–H groups in total. The summed E-state index contributed by atoms with van der Waals surface area (Å²) >= 11 is 0. The molecule has 0 aliphatic heterocycles. The molecule has 0 unspecified atom stereocenters. The average molecular weight is 385 g/mol. The van der Waals surface area contributed by atoms with Crippen LogP contribution in [0.25, 0.3) is 5.57 Å². The largest absolute Gasteiger partial charge is 0.465 e. The van der Waals surface area contributed by atoms with Gasteiger partial charge in [0.05, 0.1) is 22.8 Å². The third-order valence-corrected chi connectivity index (χ3v) is 5.32. The number of benzene rings is 2. The zero-order valence-electron chi connectivity index (χ0n) is 16.5. The number of carbonyl (C=O) groups is 1. The summed E-state index contributed by atoms with van der Waals surface area (Å²) in [4.78, 5) is 12.7. The second-order valence-corrected chi connectivity index (χ2v) is 8.91. The SMILES string of the molecule is Cc1ccc([S@](=O)/C=C(/CCCOC(=O)C(C)(C)C)c2ccccc2)cc1. The lowest BCUT2D eigenvalue weighted by atomic mass is 9.97. The van der Waals surface area contributed by atoms with Crippen molar-refractivity contribution in [3.8, 4) is 0 Å². The summed E-state index contributed by atoms with van der Waals surface area (Å²) < 4.78 is 18.1. The molecule has 2 rings (SSSR count). The summed E-state index contributed by atoms with van der Waals surface area (Å²) in [5.74, 6) is -0.198. The Morgan fingerprint density at radius 3 is 2.26 bits per heavy atom. The summed E-state index contributed by atoms with van der Waals surface area (Å²) in [7, 11) is -1.22. The van der Waals surface area contributed by atoms with Crippen LogP contribution in [0.15, 0.2) is 64.9 Å². The van der Waals surface area contributed by atoms with E-state index in [1.165, 1.54) is 0 Å². The molecule has 0 aliphatic rings. The van der Waals surface area contributed by atoms with Gasteiger partial charge in [-0.3, -0.25) is 4.79 Å². The molecule has 1 atom stereocenters. The van der Waals surface area contributed by atoms with Gasteiger partial charge in [0, 0.05) is 10.3 Å². The Balaban J connectivity index is 2.09. The second-order valence-electron chi connectivity index (χ2n) is 7.61. The van der Waals surface area contributed by atoms with E-state index in [1.54, 1.807) is 0 Å². The van der Waals surface area contributed by atoms with Crippen LogP contribution < -0.4 is 0 Å². The van der Waals surface area contributed by atoms with Gasteiger partial charge in [0.25, 0.3) is 0 Å². The van der Waals surface area contributed by atoms with Crippen molar-refractivity contribution in [2.45, 2.75) is 45.4 Å². The van der Waals surface area contributed by atoms with Crippen LogP contribution >= 0.6 is 0 Å². The van der Waals surface area contributed by atoms with Gasteiger partial charge in [-0.2, -0.15) is 0 Å². The number of esters is 1. The van der Waals surface area contributed by atoms with Gasteiger partial charge in [-0.1, -0.05) is 48.0 Å². The number of hydrogen-bond donors (Lipinski definition) is 0. The van der Waals surface area contributed by atoms with Crippen LogP contribution in [-0.4, -0.2) is 16.8 Å². The van der Waals surface area contributed by atoms with Crippen LogP contribution in [-0.2, 0) is 20.3 Å². The van der Waals surface area contributed by atoms with Crippen molar-refractivity contribution in [3.05, 3.63) is 71.1 Å². The maximum atomic E-state index is 12.8. The van der Waals surface area contributed by atoms with E-state index in [2.05, 4.69) is 0 Å². The van der Waals surface area contributed by atoms with Crippen molar-refractivity contribution in [3.63, 3.8) is 0 Å². The van der Waals surface area contributed by atoms with Crippen molar-refractivity contribution in [2.75, 3.05) is 6.61 Å². The highest BCUT2D eigenvalue weighted by molar-refractivity contribution is 7.88. The summed E-state index contributed by atoms with van der Waals surface area (Å²) in [6.07, 6.45) is 1.38. The molecule has 27 heavy (non-hydrogen) atoms. The van der Waals surface area contributed by atoms with E-state index in [0.29, 0.717) is 19.4 Å². The van der Waals surface area contributed by atoms with E-state index in [0.717, 1.165) is 21.6 Å². The third kappa shape index (κ3) is 6.79. The number of carbonyl (C=O) groups excluding carboxylic acids is 1. The van der Waals surface area contributed by atoms with Gasteiger partial charge in [-0.25, -0.2) is 4.21 Å². The Labute approximate surface area is 164 Å². The first kappa shape index (κ1) is 21.1. The van der Waals surface area contributed by atoms with E-state index >= 15 is 0 Å². The van der Waals surface area contributed by atoms with Gasteiger partial charge in [0.15, 0.2) is 0 Å². The topological polar surface area (TPSA) is 43.4 Å². The molecule has 0 saturated heterocycles. The van der Waals surface area contributed by atoms with Crippen molar-refractivity contribution in [1.29, 1.82) is 0 Å². The smallest absolute Gasteiger partial charge is 0.311 e. The van der Waals surface area contributed by atoms with Crippen LogP contribution in [0.4, 0.5) is 0 Å². The fourth-order valence-electron chi connectivity index (χ4n) is 2.44. The van der Waals surface area contributed by atoms with Crippen LogP contribution in [0.1, 0.15) is 44.7 Å². The first-order valence-electron chi connectivity index (χ1n) is 9.18. The van der Waals surface area contributed by atoms with Gasteiger partial charge in [0.2, 0.25) is 0 Å². The molecule has 0 radical (unpaired) electrons. The normalized spacial score (nSPS) is 13.3. The highest BCUT2D eigenvalue weighted by Gasteiger charge is 2.22. The first-order valence-corrected chi connectivity index (χ1v) is 10.4. The molecule has 2 aromatic carbocycles. The molecule has 0 spiro atoms. The third-order valence-electron chi connectivity index (χ3n) is 4.08. The molecular weight excluding hydrogens is 356 g/mol. The lowest BCUT2D eigenvalue weighted by molar-refractivity contribution is -0.152. The maximum Gasteiger partial charge on any atom is 0.311 e. The van der Waals surface area contributed by atoms with Gasteiger partial charge < -0.3 is 4.74 Å². The van der Waals surface area contributed by atoms with E-state index in [4.69, 9.17) is 4.74 Å². The Morgan fingerprint density at radius 2 is 1.67 bits per heavy atom. The Morgan fingerprint density at radius 1 is 1.04 bits per heavy atom. The molecule has 0 saturated carbocycles. The standard InChI is InChI=1S/C23H28O3S/c1-18-12-14-21(15-13-18)27(25)17-20(19-9-6-5-7-10-19)11-8-16-26-22(24)23(2,3)4/h5-7,9-10,12-15,17H,8,11,16H2,1-4H3/b20-17-/t27-/m1/s1. The molecule has 0 aromatic heterocycles. The highest BCUT2D eigenvalue weighted by atomic mass is 32.2. The molecule has 0 amide bonds. The molecule has 0 aliphatic carbocycles. The molecule has 4 heteroatoms. The van der Waals surface area contributed by atoms with Gasteiger partial charge >= 0.3 is 5.97 Å². The number of hydrogen-bond acceptors (Lipinski definition) is 3. The predicted octanol–water partition coefficient (Wildman–Crippen LogP) is 5.51. The van der Waals surface area contributed by atoms with Crippen LogP contribution in [0.3, 0.4) is 0 Å². The fraction of sp³-hybridized carbons (Fsp3) is 0.348. The maximum absolute atomic E-state index is 12.8. The average Bonchev–Trinajstić information content (AvgIpc) is 2.64. The highest BCUT2D eigenvalue weighted by Crippen LogP contribution is 2.23. The summed E-state index contributed by atoms with van der Waals surface area (Å²) in [5, 5.41) is 1.81. The molecule has 0 heterocycles. The molecule has 3 nitrogen and oxygen atoms in total. The quantitative estimate of drug-likeness (QED) is 0.467. The van der Waals surface area contributed by atoms with Gasteiger partial charge in [-0.15, -0.1) is 0 Å². The summed E-state index contributed by atoms with van der Waals surface area (Å²) in [6, 6.07) is 17.7. The number of rotatable bonds is 7. The minimum atomic E-state index is -1.22. The molecular formula is C23H28O3S. The Hall–Kier alpha value is -2.20. The second kappa shape index (κ2) is 9.65. The van der Waals surface area contributed by atoms with E-state index in [-0.39, 0.29) is 5.97 Å². The Kier molecular flexibility index (Phi) is 7.55. The predicted molar refractivity (Wildman–Crippen MR) is 112 cm³/mol. The van der Waals surface area contributed by atoms with Crippen molar-refractivity contribution < 1.29 is 13.7 Å². The van der Waals surface area contributed by atoms with Crippen LogP contribution in [0.5, 0.6) is 0 Å². The summed E-state index contributed by atoms with van der Waals surface area (Å²) in [6.45, 7) is 7.90. The minimum Gasteiger partial charge on any atom is -0.465 e. The Bertz CT molecular complexity index is 800. The zero-order chi connectivity index (χ0) is 19.9.